The maximum absolute atomic E-state index is 9.71. The third-order valence-corrected chi connectivity index (χ3v) is 2.94. The SMILES string of the molecule is CC(O)c1ccccc1Oc1ccc2c(c1)OCO2. The predicted molar refractivity (Wildman–Crippen MR) is 69.7 cm³/mol. The van der Waals surface area contributed by atoms with Gasteiger partial charge in [0.25, 0.3) is 0 Å². The summed E-state index contributed by atoms with van der Waals surface area (Å²) in [6.45, 7) is 1.95. The third-order valence-electron chi connectivity index (χ3n) is 2.94. The first kappa shape index (κ1) is 11.9. The minimum atomic E-state index is -0.579. The van der Waals surface area contributed by atoms with Crippen molar-refractivity contribution >= 4 is 0 Å². The first-order valence-corrected chi connectivity index (χ1v) is 6.08. The quantitative estimate of drug-likeness (QED) is 0.918. The molecule has 0 aromatic heterocycles. The molecule has 2 aromatic rings. The largest absolute Gasteiger partial charge is 0.457 e. The van der Waals surface area contributed by atoms with E-state index in [2.05, 4.69) is 0 Å². The normalized spacial score (nSPS) is 14.2. The Labute approximate surface area is 111 Å². The standard InChI is InChI=1S/C15H14O4/c1-10(16)12-4-2-3-5-13(12)19-11-6-7-14-15(8-11)18-9-17-14/h2-8,10,16H,9H2,1H3. The van der Waals surface area contributed by atoms with Crippen molar-refractivity contribution in [2.45, 2.75) is 13.0 Å². The van der Waals surface area contributed by atoms with Gasteiger partial charge in [-0.2, -0.15) is 0 Å². The van der Waals surface area contributed by atoms with E-state index in [0.29, 0.717) is 17.2 Å². The Morgan fingerprint density at radius 2 is 1.89 bits per heavy atom. The van der Waals surface area contributed by atoms with Gasteiger partial charge in [-0.05, 0) is 25.1 Å². The molecule has 0 aliphatic carbocycles. The summed E-state index contributed by atoms with van der Waals surface area (Å²) in [6.07, 6.45) is -0.579. The van der Waals surface area contributed by atoms with Gasteiger partial charge in [0, 0.05) is 11.6 Å². The molecule has 1 N–H and O–H groups in total. The number of aliphatic hydroxyl groups is 1. The number of benzene rings is 2. The Morgan fingerprint density at radius 1 is 1.11 bits per heavy atom. The van der Waals surface area contributed by atoms with Crippen LogP contribution in [-0.2, 0) is 0 Å². The highest BCUT2D eigenvalue weighted by atomic mass is 16.7. The molecule has 19 heavy (non-hydrogen) atoms. The lowest BCUT2D eigenvalue weighted by atomic mass is 10.1. The topological polar surface area (TPSA) is 47.9 Å². The van der Waals surface area contributed by atoms with Crippen LogP contribution in [0.2, 0.25) is 0 Å². The van der Waals surface area contributed by atoms with E-state index in [1.54, 1.807) is 13.0 Å². The number of aliphatic hydroxyl groups excluding tert-OH is 1. The van der Waals surface area contributed by atoms with Crippen molar-refractivity contribution < 1.29 is 19.3 Å². The van der Waals surface area contributed by atoms with Crippen LogP contribution >= 0.6 is 0 Å². The Hall–Kier alpha value is -2.20. The lowest BCUT2D eigenvalue weighted by Gasteiger charge is -2.13. The Bertz CT molecular complexity index is 592. The fourth-order valence-electron chi connectivity index (χ4n) is 1.99. The molecule has 1 aliphatic heterocycles. The van der Waals surface area contributed by atoms with E-state index in [1.807, 2.05) is 36.4 Å². The van der Waals surface area contributed by atoms with Gasteiger partial charge >= 0.3 is 0 Å². The monoisotopic (exact) mass is 258 g/mol. The Morgan fingerprint density at radius 3 is 2.74 bits per heavy atom. The average Bonchev–Trinajstić information content (AvgIpc) is 2.86. The van der Waals surface area contributed by atoms with Crippen molar-refractivity contribution in [3.63, 3.8) is 0 Å². The fourth-order valence-corrected chi connectivity index (χ4v) is 1.99. The van der Waals surface area contributed by atoms with Crippen LogP contribution in [0.25, 0.3) is 0 Å². The van der Waals surface area contributed by atoms with Gasteiger partial charge in [-0.1, -0.05) is 18.2 Å². The minimum absolute atomic E-state index is 0.239. The van der Waals surface area contributed by atoms with Gasteiger partial charge in [-0.15, -0.1) is 0 Å². The number of para-hydroxylation sites is 1. The molecule has 98 valence electrons. The molecular formula is C15H14O4. The van der Waals surface area contributed by atoms with Gasteiger partial charge < -0.3 is 19.3 Å². The highest BCUT2D eigenvalue weighted by Crippen LogP contribution is 2.37. The second-order valence-electron chi connectivity index (χ2n) is 4.33. The van der Waals surface area contributed by atoms with Crippen molar-refractivity contribution in [2.24, 2.45) is 0 Å². The number of fused-ring (bicyclic) bond motifs is 1. The second-order valence-corrected chi connectivity index (χ2v) is 4.33. The Kier molecular flexibility index (Phi) is 3.01. The molecule has 0 saturated carbocycles. The molecule has 1 aliphatic rings. The summed E-state index contributed by atoms with van der Waals surface area (Å²) in [6, 6.07) is 12.8. The highest BCUT2D eigenvalue weighted by Gasteiger charge is 2.15. The molecule has 0 spiro atoms. The fraction of sp³-hybridized carbons (Fsp3) is 0.200. The van der Waals surface area contributed by atoms with Gasteiger partial charge in [0.1, 0.15) is 11.5 Å². The lowest BCUT2D eigenvalue weighted by Crippen LogP contribution is -1.95. The number of ether oxygens (including phenoxy) is 3. The summed E-state index contributed by atoms with van der Waals surface area (Å²) in [5.74, 6) is 2.68. The molecule has 0 saturated heterocycles. The van der Waals surface area contributed by atoms with E-state index >= 15 is 0 Å². The van der Waals surface area contributed by atoms with Gasteiger partial charge in [-0.25, -0.2) is 0 Å². The molecular weight excluding hydrogens is 244 g/mol. The molecule has 4 nitrogen and oxygen atoms in total. The van der Waals surface area contributed by atoms with Crippen LogP contribution in [0.4, 0.5) is 0 Å². The smallest absolute Gasteiger partial charge is 0.231 e. The summed E-state index contributed by atoms with van der Waals surface area (Å²) in [7, 11) is 0. The molecule has 0 amide bonds. The van der Waals surface area contributed by atoms with Crippen molar-refractivity contribution in [3.05, 3.63) is 48.0 Å². The molecule has 0 radical (unpaired) electrons. The molecule has 0 fully saturated rings. The maximum Gasteiger partial charge on any atom is 0.231 e. The van der Waals surface area contributed by atoms with E-state index in [4.69, 9.17) is 14.2 Å². The summed E-state index contributed by atoms with van der Waals surface area (Å²) in [5, 5.41) is 9.71. The van der Waals surface area contributed by atoms with Crippen LogP contribution in [0.5, 0.6) is 23.0 Å². The molecule has 2 aromatic carbocycles. The zero-order valence-corrected chi connectivity index (χ0v) is 10.5. The second kappa shape index (κ2) is 4.82. The summed E-state index contributed by atoms with van der Waals surface area (Å²) >= 11 is 0. The first-order valence-electron chi connectivity index (χ1n) is 6.08. The van der Waals surface area contributed by atoms with E-state index in [9.17, 15) is 5.11 Å². The van der Waals surface area contributed by atoms with Crippen molar-refractivity contribution in [2.75, 3.05) is 6.79 Å². The van der Waals surface area contributed by atoms with Gasteiger partial charge in [-0.3, -0.25) is 0 Å². The van der Waals surface area contributed by atoms with E-state index < -0.39 is 6.10 Å². The number of hydrogen-bond donors (Lipinski definition) is 1. The van der Waals surface area contributed by atoms with Crippen LogP contribution in [0.1, 0.15) is 18.6 Å². The minimum Gasteiger partial charge on any atom is -0.457 e. The van der Waals surface area contributed by atoms with E-state index in [-0.39, 0.29) is 6.79 Å². The maximum atomic E-state index is 9.71. The molecule has 1 atom stereocenters. The van der Waals surface area contributed by atoms with Crippen molar-refractivity contribution in [1.29, 1.82) is 0 Å². The van der Waals surface area contributed by atoms with Crippen LogP contribution in [0, 0.1) is 0 Å². The zero-order chi connectivity index (χ0) is 13.2. The van der Waals surface area contributed by atoms with Crippen LogP contribution in [0.3, 0.4) is 0 Å². The number of rotatable bonds is 3. The summed E-state index contributed by atoms with van der Waals surface area (Å²) in [4.78, 5) is 0. The van der Waals surface area contributed by atoms with Crippen LogP contribution in [-0.4, -0.2) is 11.9 Å². The third kappa shape index (κ3) is 2.35. The summed E-state index contributed by atoms with van der Waals surface area (Å²) < 4.78 is 16.4. The zero-order valence-electron chi connectivity index (χ0n) is 10.5. The van der Waals surface area contributed by atoms with E-state index in [0.717, 1.165) is 11.3 Å². The van der Waals surface area contributed by atoms with Gasteiger partial charge in [0.15, 0.2) is 11.5 Å². The van der Waals surface area contributed by atoms with Crippen LogP contribution in [0.15, 0.2) is 42.5 Å². The molecule has 4 heteroatoms. The van der Waals surface area contributed by atoms with Gasteiger partial charge in [0.2, 0.25) is 6.79 Å². The number of hydrogen-bond acceptors (Lipinski definition) is 4. The molecule has 1 unspecified atom stereocenters. The van der Waals surface area contributed by atoms with Gasteiger partial charge in [0.05, 0.1) is 6.10 Å². The highest BCUT2D eigenvalue weighted by molar-refractivity contribution is 5.48. The Balaban J connectivity index is 1.89. The molecule has 0 bridgehead atoms. The predicted octanol–water partition coefficient (Wildman–Crippen LogP) is 3.26. The average molecular weight is 258 g/mol. The molecule has 3 rings (SSSR count). The van der Waals surface area contributed by atoms with Crippen LogP contribution < -0.4 is 14.2 Å². The lowest BCUT2D eigenvalue weighted by molar-refractivity contribution is 0.174. The first-order chi connectivity index (χ1) is 9.24. The summed E-state index contributed by atoms with van der Waals surface area (Å²) in [5.41, 5.74) is 0.750. The molecule has 1 heterocycles. The van der Waals surface area contributed by atoms with E-state index in [1.165, 1.54) is 0 Å². The van der Waals surface area contributed by atoms with Crippen molar-refractivity contribution in [3.8, 4) is 23.0 Å². The van der Waals surface area contributed by atoms with Crippen molar-refractivity contribution in [1.82, 2.24) is 0 Å².